The lowest BCUT2D eigenvalue weighted by molar-refractivity contribution is -0.176. The molecule has 0 heterocycles. The van der Waals surface area contributed by atoms with Crippen LogP contribution in [0.3, 0.4) is 0 Å². The third kappa shape index (κ3) is 4.04. The number of hydrogen-bond donors (Lipinski definition) is 1. The molecule has 1 N–H and O–H groups in total. The maximum Gasteiger partial charge on any atom is 0.343 e. The Morgan fingerprint density at radius 2 is 1.66 bits per heavy atom. The molecule has 4 nitrogen and oxygen atoms in total. The standard InChI is InChI=1S/C25H28O4/c1-17(2)23(21-14-8-6-11-19(21)16-26)29-24(27)25(3,28-4)22-15-9-12-18-10-5-7-13-20(18)22/h5-15,17,23,26H,16H2,1-4H3/t23?,25-/m0/s1. The Labute approximate surface area is 172 Å². The van der Waals surface area contributed by atoms with Crippen LogP contribution in [0.25, 0.3) is 10.8 Å². The number of hydrogen-bond acceptors (Lipinski definition) is 4. The van der Waals surface area contributed by atoms with Crippen molar-refractivity contribution in [3.8, 4) is 0 Å². The maximum atomic E-state index is 13.4. The molecular formula is C25H28O4. The van der Waals surface area contributed by atoms with Gasteiger partial charge in [-0.05, 0) is 34.7 Å². The fourth-order valence-electron chi connectivity index (χ4n) is 3.69. The molecule has 0 amide bonds. The summed E-state index contributed by atoms with van der Waals surface area (Å²) < 4.78 is 11.8. The third-order valence-corrected chi connectivity index (χ3v) is 5.47. The number of rotatable bonds is 7. The molecule has 0 saturated heterocycles. The summed E-state index contributed by atoms with van der Waals surface area (Å²) in [6.45, 7) is 5.62. The molecular weight excluding hydrogens is 364 g/mol. The highest BCUT2D eigenvalue weighted by molar-refractivity contribution is 5.92. The van der Waals surface area contributed by atoms with Gasteiger partial charge in [0.15, 0.2) is 5.60 Å². The molecule has 3 aromatic carbocycles. The van der Waals surface area contributed by atoms with Crippen LogP contribution < -0.4 is 0 Å². The molecule has 0 fully saturated rings. The van der Waals surface area contributed by atoms with Crippen LogP contribution in [0.4, 0.5) is 0 Å². The predicted octanol–water partition coefficient (Wildman–Crippen LogP) is 5.13. The maximum absolute atomic E-state index is 13.4. The van der Waals surface area contributed by atoms with Gasteiger partial charge in [-0.3, -0.25) is 0 Å². The van der Waals surface area contributed by atoms with Crippen molar-refractivity contribution >= 4 is 16.7 Å². The van der Waals surface area contributed by atoms with Crippen LogP contribution >= 0.6 is 0 Å². The minimum Gasteiger partial charge on any atom is -0.455 e. The van der Waals surface area contributed by atoms with Crippen molar-refractivity contribution in [1.82, 2.24) is 0 Å². The fourth-order valence-corrected chi connectivity index (χ4v) is 3.69. The van der Waals surface area contributed by atoms with Crippen LogP contribution in [0.2, 0.25) is 0 Å². The minimum atomic E-state index is -1.26. The minimum absolute atomic E-state index is 0.0280. The number of fused-ring (bicyclic) bond motifs is 1. The Morgan fingerprint density at radius 1 is 1.00 bits per heavy atom. The summed E-state index contributed by atoms with van der Waals surface area (Å²) in [4.78, 5) is 13.4. The number of carbonyl (C=O) groups is 1. The highest BCUT2D eigenvalue weighted by atomic mass is 16.6. The zero-order valence-electron chi connectivity index (χ0n) is 17.4. The monoisotopic (exact) mass is 392 g/mol. The van der Waals surface area contributed by atoms with Crippen LogP contribution in [0, 0.1) is 5.92 Å². The van der Waals surface area contributed by atoms with Crippen LogP contribution in [0.5, 0.6) is 0 Å². The summed E-state index contributed by atoms with van der Waals surface area (Å²) in [5.41, 5.74) is 1.07. The summed E-state index contributed by atoms with van der Waals surface area (Å²) in [5, 5.41) is 11.7. The van der Waals surface area contributed by atoms with Crippen LogP contribution in [-0.2, 0) is 26.5 Å². The number of esters is 1. The lowest BCUT2D eigenvalue weighted by Gasteiger charge is -2.32. The van der Waals surface area contributed by atoms with Gasteiger partial charge in [-0.2, -0.15) is 0 Å². The number of methoxy groups -OCH3 is 1. The van der Waals surface area contributed by atoms with E-state index < -0.39 is 17.7 Å². The number of aliphatic hydroxyl groups excluding tert-OH is 1. The molecule has 1 unspecified atom stereocenters. The van der Waals surface area contributed by atoms with E-state index in [-0.39, 0.29) is 12.5 Å². The average Bonchev–Trinajstić information content (AvgIpc) is 2.76. The first-order valence-electron chi connectivity index (χ1n) is 9.85. The Balaban J connectivity index is 2.01. The number of benzene rings is 3. The SMILES string of the molecule is CO[C@](C)(C(=O)OC(c1ccccc1CO)C(C)C)c1cccc2ccccc12. The summed E-state index contributed by atoms with van der Waals surface area (Å²) in [6.07, 6.45) is -0.490. The molecule has 0 saturated carbocycles. The van der Waals surface area contributed by atoms with E-state index in [1.807, 2.05) is 80.6 Å². The van der Waals surface area contributed by atoms with E-state index in [2.05, 4.69) is 0 Å². The van der Waals surface area contributed by atoms with Gasteiger partial charge in [-0.25, -0.2) is 4.79 Å². The summed E-state index contributed by atoms with van der Waals surface area (Å²) in [7, 11) is 1.52. The highest BCUT2D eigenvalue weighted by Gasteiger charge is 2.40. The normalized spacial score (nSPS) is 14.6. The lowest BCUT2D eigenvalue weighted by atomic mass is 9.90. The lowest BCUT2D eigenvalue weighted by Crippen LogP contribution is -2.38. The van der Waals surface area contributed by atoms with Gasteiger partial charge in [-0.1, -0.05) is 80.6 Å². The zero-order chi connectivity index (χ0) is 21.0. The largest absolute Gasteiger partial charge is 0.455 e. The molecule has 3 rings (SSSR count). The van der Waals surface area contributed by atoms with E-state index in [4.69, 9.17) is 9.47 Å². The predicted molar refractivity (Wildman–Crippen MR) is 114 cm³/mol. The van der Waals surface area contributed by atoms with E-state index in [0.717, 1.165) is 27.5 Å². The molecule has 4 heteroatoms. The van der Waals surface area contributed by atoms with Gasteiger partial charge >= 0.3 is 5.97 Å². The molecule has 0 aliphatic heterocycles. The quantitative estimate of drug-likeness (QED) is 0.566. The van der Waals surface area contributed by atoms with Crippen LogP contribution in [-0.4, -0.2) is 18.2 Å². The fraction of sp³-hybridized carbons (Fsp3) is 0.320. The van der Waals surface area contributed by atoms with E-state index in [1.54, 1.807) is 6.92 Å². The Morgan fingerprint density at radius 3 is 2.34 bits per heavy atom. The van der Waals surface area contributed by atoms with Crippen molar-refractivity contribution in [1.29, 1.82) is 0 Å². The van der Waals surface area contributed by atoms with E-state index >= 15 is 0 Å². The van der Waals surface area contributed by atoms with Crippen molar-refractivity contribution < 1.29 is 19.4 Å². The van der Waals surface area contributed by atoms with Gasteiger partial charge in [0.1, 0.15) is 6.10 Å². The van der Waals surface area contributed by atoms with Crippen LogP contribution in [0.1, 0.15) is 43.6 Å². The smallest absolute Gasteiger partial charge is 0.343 e. The molecule has 29 heavy (non-hydrogen) atoms. The molecule has 3 aromatic rings. The van der Waals surface area contributed by atoms with Crippen molar-refractivity contribution in [3.05, 3.63) is 83.4 Å². The van der Waals surface area contributed by atoms with Crippen molar-refractivity contribution in [2.45, 2.75) is 39.1 Å². The van der Waals surface area contributed by atoms with E-state index in [1.165, 1.54) is 7.11 Å². The van der Waals surface area contributed by atoms with Gasteiger partial charge < -0.3 is 14.6 Å². The van der Waals surface area contributed by atoms with Crippen molar-refractivity contribution in [3.63, 3.8) is 0 Å². The molecule has 2 atom stereocenters. The Hall–Kier alpha value is -2.69. The molecule has 0 aliphatic rings. The van der Waals surface area contributed by atoms with E-state index in [0.29, 0.717) is 0 Å². The first kappa shape index (κ1) is 21.0. The average molecular weight is 392 g/mol. The molecule has 0 radical (unpaired) electrons. The van der Waals surface area contributed by atoms with Gasteiger partial charge in [0.25, 0.3) is 0 Å². The Kier molecular flexibility index (Phi) is 6.36. The van der Waals surface area contributed by atoms with Crippen molar-refractivity contribution in [2.24, 2.45) is 5.92 Å². The van der Waals surface area contributed by atoms with Gasteiger partial charge in [0, 0.05) is 12.7 Å². The van der Waals surface area contributed by atoms with Gasteiger partial charge in [-0.15, -0.1) is 0 Å². The first-order chi connectivity index (χ1) is 13.9. The number of aliphatic hydroxyl groups is 1. The highest BCUT2D eigenvalue weighted by Crippen LogP contribution is 2.36. The van der Waals surface area contributed by atoms with Gasteiger partial charge in [0.2, 0.25) is 0 Å². The Bertz CT molecular complexity index is 990. The molecule has 0 bridgehead atoms. The molecule has 0 spiro atoms. The summed E-state index contributed by atoms with van der Waals surface area (Å²) in [6, 6.07) is 21.2. The number of carbonyl (C=O) groups excluding carboxylic acids is 1. The first-order valence-corrected chi connectivity index (χ1v) is 9.85. The van der Waals surface area contributed by atoms with Crippen LogP contribution in [0.15, 0.2) is 66.7 Å². The second-order valence-electron chi connectivity index (χ2n) is 7.69. The molecule has 0 aromatic heterocycles. The second kappa shape index (κ2) is 8.76. The van der Waals surface area contributed by atoms with E-state index in [9.17, 15) is 9.90 Å². The molecule has 0 aliphatic carbocycles. The third-order valence-electron chi connectivity index (χ3n) is 5.47. The summed E-state index contributed by atoms with van der Waals surface area (Å²) >= 11 is 0. The topological polar surface area (TPSA) is 55.8 Å². The second-order valence-corrected chi connectivity index (χ2v) is 7.69. The molecule has 152 valence electrons. The number of ether oxygens (including phenoxy) is 2. The van der Waals surface area contributed by atoms with Gasteiger partial charge in [0.05, 0.1) is 6.61 Å². The zero-order valence-corrected chi connectivity index (χ0v) is 17.4. The van der Waals surface area contributed by atoms with Crippen molar-refractivity contribution in [2.75, 3.05) is 7.11 Å². The summed E-state index contributed by atoms with van der Waals surface area (Å²) in [5.74, 6) is -0.428.